The molecule has 1 heterocycles. The molecule has 0 aliphatic carbocycles. The highest BCUT2D eigenvalue weighted by Crippen LogP contribution is 2.23. The van der Waals surface area contributed by atoms with Gasteiger partial charge in [-0.25, -0.2) is 0 Å². The molecule has 0 aromatic carbocycles. The lowest BCUT2D eigenvalue weighted by Crippen LogP contribution is -2.07. The van der Waals surface area contributed by atoms with E-state index in [0.717, 1.165) is 24.2 Å². The molecule has 0 amide bonds. The third-order valence-electron chi connectivity index (χ3n) is 3.07. The zero-order valence-electron chi connectivity index (χ0n) is 12.4. The highest BCUT2D eigenvalue weighted by Gasteiger charge is 2.09. The number of hydrogen-bond donors (Lipinski definition) is 1. The van der Waals surface area contributed by atoms with Crippen molar-refractivity contribution in [3.63, 3.8) is 0 Å². The minimum absolute atomic E-state index is 0.128. The third kappa shape index (κ3) is 6.58. The maximum atomic E-state index is 10.1. The maximum absolute atomic E-state index is 10.1. The number of aliphatic hydroxyl groups is 1. The summed E-state index contributed by atoms with van der Waals surface area (Å²) < 4.78 is 5.59. The fraction of sp³-hybridized carbons (Fsp3) is 0.688. The van der Waals surface area contributed by atoms with Gasteiger partial charge in [-0.15, -0.1) is 0 Å². The topological polar surface area (TPSA) is 42.4 Å². The molecule has 3 heteroatoms. The molecule has 19 heavy (non-hydrogen) atoms. The van der Waals surface area contributed by atoms with E-state index in [1.54, 1.807) is 12.4 Å². The van der Waals surface area contributed by atoms with Gasteiger partial charge in [-0.05, 0) is 26.3 Å². The number of pyridine rings is 1. The summed E-state index contributed by atoms with van der Waals surface area (Å²) in [5, 5.41) is 10.1. The molecule has 1 aromatic heterocycles. The van der Waals surface area contributed by atoms with E-state index in [4.69, 9.17) is 4.74 Å². The monoisotopic (exact) mass is 265 g/mol. The molecule has 1 atom stereocenters. The zero-order valence-corrected chi connectivity index (χ0v) is 12.4. The number of rotatable bonds is 9. The summed E-state index contributed by atoms with van der Waals surface area (Å²) >= 11 is 0. The van der Waals surface area contributed by atoms with Gasteiger partial charge in [-0.2, -0.15) is 0 Å². The first-order valence-corrected chi connectivity index (χ1v) is 7.43. The van der Waals surface area contributed by atoms with Crippen LogP contribution < -0.4 is 4.74 Å². The Labute approximate surface area is 117 Å². The molecular weight excluding hydrogens is 238 g/mol. The molecule has 1 aromatic rings. The Morgan fingerprint density at radius 1 is 1.16 bits per heavy atom. The van der Waals surface area contributed by atoms with Crippen molar-refractivity contribution in [1.29, 1.82) is 0 Å². The van der Waals surface area contributed by atoms with E-state index >= 15 is 0 Å². The van der Waals surface area contributed by atoms with Crippen LogP contribution in [0.1, 0.15) is 71.0 Å². The first kappa shape index (κ1) is 16.0. The Balaban J connectivity index is 2.40. The normalized spacial score (nSPS) is 12.7. The van der Waals surface area contributed by atoms with E-state index < -0.39 is 6.10 Å². The van der Waals surface area contributed by atoms with Gasteiger partial charge in [-0.3, -0.25) is 4.98 Å². The van der Waals surface area contributed by atoms with Crippen LogP contribution in [0.15, 0.2) is 18.5 Å². The summed E-state index contributed by atoms with van der Waals surface area (Å²) in [6.45, 7) is 6.18. The number of unbranched alkanes of at least 4 members (excludes halogenated alkanes) is 4. The van der Waals surface area contributed by atoms with Crippen molar-refractivity contribution in [2.75, 3.05) is 0 Å². The Bertz CT molecular complexity index is 352. The summed E-state index contributed by atoms with van der Waals surface area (Å²) in [7, 11) is 0. The molecule has 108 valence electrons. The number of nitrogens with zero attached hydrogens (tertiary/aromatic N) is 1. The van der Waals surface area contributed by atoms with Crippen LogP contribution in [0, 0.1) is 0 Å². The minimum atomic E-state index is -0.426. The fourth-order valence-electron chi connectivity index (χ4n) is 2.06. The van der Waals surface area contributed by atoms with Crippen LogP contribution in [-0.2, 0) is 0 Å². The van der Waals surface area contributed by atoms with Crippen molar-refractivity contribution >= 4 is 0 Å². The lowest BCUT2D eigenvalue weighted by Gasteiger charge is -2.13. The molecule has 0 spiro atoms. The van der Waals surface area contributed by atoms with Gasteiger partial charge >= 0.3 is 0 Å². The molecule has 0 aliphatic rings. The Morgan fingerprint density at radius 2 is 1.89 bits per heavy atom. The van der Waals surface area contributed by atoms with E-state index in [2.05, 4.69) is 11.9 Å². The molecule has 1 rings (SSSR count). The van der Waals surface area contributed by atoms with Crippen molar-refractivity contribution < 1.29 is 9.84 Å². The van der Waals surface area contributed by atoms with Crippen LogP contribution in [0.2, 0.25) is 0 Å². The largest absolute Gasteiger partial charge is 0.489 e. The smallest absolute Gasteiger partial charge is 0.138 e. The van der Waals surface area contributed by atoms with Crippen molar-refractivity contribution in [1.82, 2.24) is 4.98 Å². The van der Waals surface area contributed by atoms with E-state index in [1.165, 1.54) is 25.7 Å². The number of aliphatic hydroxyl groups excluding tert-OH is 1. The SMILES string of the molecule is CCCCCCCC(O)c1cncc(OC(C)C)c1. The van der Waals surface area contributed by atoms with E-state index in [9.17, 15) is 5.11 Å². The highest BCUT2D eigenvalue weighted by molar-refractivity contribution is 5.25. The molecule has 0 saturated carbocycles. The lowest BCUT2D eigenvalue weighted by molar-refractivity contribution is 0.161. The van der Waals surface area contributed by atoms with Crippen LogP contribution in [0.4, 0.5) is 0 Å². The van der Waals surface area contributed by atoms with Crippen molar-refractivity contribution in [3.8, 4) is 5.75 Å². The minimum Gasteiger partial charge on any atom is -0.489 e. The molecule has 0 aliphatic heterocycles. The molecular formula is C16H27NO2. The number of aromatic nitrogens is 1. The van der Waals surface area contributed by atoms with Gasteiger partial charge in [0.1, 0.15) is 5.75 Å². The van der Waals surface area contributed by atoms with Crippen LogP contribution in [0.5, 0.6) is 5.75 Å². The fourth-order valence-corrected chi connectivity index (χ4v) is 2.06. The summed E-state index contributed by atoms with van der Waals surface area (Å²) in [4.78, 5) is 4.13. The lowest BCUT2D eigenvalue weighted by atomic mass is 10.0. The molecule has 0 saturated heterocycles. The number of ether oxygens (including phenoxy) is 1. The van der Waals surface area contributed by atoms with Gasteiger partial charge < -0.3 is 9.84 Å². The van der Waals surface area contributed by atoms with Gasteiger partial charge in [0, 0.05) is 11.8 Å². The molecule has 1 unspecified atom stereocenters. The average molecular weight is 265 g/mol. The zero-order chi connectivity index (χ0) is 14.1. The van der Waals surface area contributed by atoms with E-state index in [0.29, 0.717) is 0 Å². The van der Waals surface area contributed by atoms with Crippen molar-refractivity contribution in [3.05, 3.63) is 24.0 Å². The van der Waals surface area contributed by atoms with Gasteiger partial charge in [-0.1, -0.05) is 39.0 Å². The van der Waals surface area contributed by atoms with Gasteiger partial charge in [0.2, 0.25) is 0 Å². The standard InChI is InChI=1S/C16H27NO2/c1-4-5-6-7-8-9-16(18)14-10-15(12-17-11-14)19-13(2)3/h10-13,16,18H,4-9H2,1-3H3. The summed E-state index contributed by atoms with van der Waals surface area (Å²) in [5.74, 6) is 0.734. The van der Waals surface area contributed by atoms with Crippen LogP contribution in [0.3, 0.4) is 0 Å². The second-order valence-electron chi connectivity index (χ2n) is 5.34. The molecule has 0 fully saturated rings. The molecule has 0 bridgehead atoms. The van der Waals surface area contributed by atoms with Gasteiger partial charge in [0.05, 0.1) is 18.4 Å². The summed E-state index contributed by atoms with van der Waals surface area (Å²) in [5.41, 5.74) is 0.855. The predicted molar refractivity (Wildman–Crippen MR) is 78.3 cm³/mol. The average Bonchev–Trinajstić information content (AvgIpc) is 2.38. The summed E-state index contributed by atoms with van der Waals surface area (Å²) in [6.07, 6.45) is 9.98. The Morgan fingerprint density at radius 3 is 2.58 bits per heavy atom. The maximum Gasteiger partial charge on any atom is 0.138 e. The second-order valence-corrected chi connectivity index (χ2v) is 5.34. The highest BCUT2D eigenvalue weighted by atomic mass is 16.5. The van der Waals surface area contributed by atoms with E-state index in [-0.39, 0.29) is 6.10 Å². The third-order valence-corrected chi connectivity index (χ3v) is 3.07. The van der Waals surface area contributed by atoms with Gasteiger partial charge in [0.25, 0.3) is 0 Å². The quantitative estimate of drug-likeness (QED) is 0.678. The second kappa shape index (κ2) is 8.92. The Kier molecular flexibility index (Phi) is 7.49. The van der Waals surface area contributed by atoms with Crippen LogP contribution in [-0.4, -0.2) is 16.2 Å². The van der Waals surface area contributed by atoms with Crippen molar-refractivity contribution in [2.24, 2.45) is 0 Å². The number of hydrogen-bond acceptors (Lipinski definition) is 3. The first-order valence-electron chi connectivity index (χ1n) is 7.43. The molecule has 1 N–H and O–H groups in total. The first-order chi connectivity index (χ1) is 9.13. The van der Waals surface area contributed by atoms with Crippen LogP contribution in [0.25, 0.3) is 0 Å². The molecule has 3 nitrogen and oxygen atoms in total. The van der Waals surface area contributed by atoms with Gasteiger partial charge in [0.15, 0.2) is 0 Å². The summed E-state index contributed by atoms with van der Waals surface area (Å²) in [6, 6.07) is 1.89. The van der Waals surface area contributed by atoms with Crippen LogP contribution >= 0.6 is 0 Å². The predicted octanol–water partition coefficient (Wildman–Crippen LogP) is 4.26. The molecule has 0 radical (unpaired) electrons. The van der Waals surface area contributed by atoms with Crippen molar-refractivity contribution in [2.45, 2.75) is 71.5 Å². The Hall–Kier alpha value is -1.09. The van der Waals surface area contributed by atoms with E-state index in [1.807, 2.05) is 19.9 Å².